The Morgan fingerprint density at radius 3 is 1.94 bits per heavy atom. The molecule has 14 heteroatoms. The maximum absolute atomic E-state index is 13.9. The molecule has 0 aromatic rings. The fourth-order valence-corrected chi connectivity index (χ4v) is 5.40. The average molecular weight is 682 g/mol. The first-order chi connectivity index (χ1) is 22.0. The average Bonchev–Trinajstić information content (AvgIpc) is 2.97. The van der Waals surface area contributed by atoms with Crippen LogP contribution in [0.4, 0.5) is 4.79 Å². The molecule has 0 aliphatic heterocycles. The third-order valence-electron chi connectivity index (χ3n) is 9.10. The lowest BCUT2D eigenvalue weighted by atomic mass is 9.49. The minimum Gasteiger partial charge on any atom is -0.443 e. The van der Waals surface area contributed by atoms with E-state index in [1.807, 2.05) is 13.8 Å². The number of amides is 5. The molecule has 48 heavy (non-hydrogen) atoms. The molecule has 0 aromatic carbocycles. The van der Waals surface area contributed by atoms with Crippen LogP contribution in [-0.2, 0) is 23.9 Å². The van der Waals surface area contributed by atoms with E-state index in [0.717, 1.165) is 0 Å². The van der Waals surface area contributed by atoms with Gasteiger partial charge < -0.3 is 31.5 Å². The lowest BCUT2D eigenvalue weighted by molar-refractivity contribution is -0.150. The second kappa shape index (κ2) is 19.5. The van der Waals surface area contributed by atoms with Crippen molar-refractivity contribution in [2.75, 3.05) is 26.2 Å². The number of unbranched alkanes of at least 4 members (excludes halogenated alkanes) is 2. The third kappa shape index (κ3) is 14.8. The minimum atomic E-state index is -1.27. The highest BCUT2D eigenvalue weighted by atomic mass is 16.6. The maximum atomic E-state index is 13.9. The Balaban J connectivity index is 5.51. The molecule has 0 fully saturated rings. The number of carbonyl (C=O) groups is 5. The summed E-state index contributed by atoms with van der Waals surface area (Å²) in [5.41, 5.74) is 4.84. The molecule has 0 saturated carbocycles. The molecule has 0 saturated heterocycles. The summed E-state index contributed by atoms with van der Waals surface area (Å²) in [6.07, 6.45) is 1.39. The first kappa shape index (κ1) is 44.6. The quantitative estimate of drug-likeness (QED) is 0.0740. The van der Waals surface area contributed by atoms with E-state index in [-0.39, 0.29) is 49.9 Å². The van der Waals surface area contributed by atoms with Crippen molar-refractivity contribution in [3.8, 4) is 6.07 Å². The van der Waals surface area contributed by atoms with Crippen molar-refractivity contribution in [1.29, 1.82) is 5.26 Å². The van der Waals surface area contributed by atoms with Crippen molar-refractivity contribution < 1.29 is 33.8 Å². The Labute approximate surface area is 287 Å². The summed E-state index contributed by atoms with van der Waals surface area (Å²) in [6.45, 7) is 18.5. The van der Waals surface area contributed by atoms with Gasteiger partial charge in [0.05, 0.1) is 23.0 Å². The second-order valence-electron chi connectivity index (χ2n) is 15.3. The summed E-state index contributed by atoms with van der Waals surface area (Å²) in [6, 6.07) is 2.38. The fraction of sp³-hybridized carbons (Fsp3) is 0.824. The molecule has 0 rings (SSSR count). The molecule has 8 N–H and O–H groups in total. The second-order valence-corrected chi connectivity index (χ2v) is 15.3. The summed E-state index contributed by atoms with van der Waals surface area (Å²) < 4.78 is 5.07. The van der Waals surface area contributed by atoms with Crippen LogP contribution >= 0.6 is 0 Å². The van der Waals surface area contributed by atoms with E-state index in [1.165, 1.54) is 0 Å². The molecular formula is C34H63N7O7. The zero-order chi connectivity index (χ0) is 37.4. The van der Waals surface area contributed by atoms with E-state index < -0.39 is 45.4 Å². The number of aliphatic hydroxyl groups excluding tert-OH is 1. The number of hydrogen-bond acceptors (Lipinski definition) is 9. The van der Waals surface area contributed by atoms with Gasteiger partial charge in [0.2, 0.25) is 23.6 Å². The van der Waals surface area contributed by atoms with E-state index in [2.05, 4.69) is 32.9 Å². The van der Waals surface area contributed by atoms with Crippen LogP contribution in [0.5, 0.6) is 0 Å². The largest absolute Gasteiger partial charge is 0.443 e. The van der Waals surface area contributed by atoms with Gasteiger partial charge in [0.1, 0.15) is 5.60 Å². The number of carbonyl (C=O) groups excluding carboxylic acids is 5. The number of rotatable bonds is 20. The van der Waals surface area contributed by atoms with Gasteiger partial charge in [-0.05, 0) is 78.7 Å². The summed E-state index contributed by atoms with van der Waals surface area (Å²) in [7, 11) is 0. The molecule has 0 spiro atoms. The SMILES string of the molecule is CC(O)CNC(=O)C(C)(CC(C)(C)C(=O)NCCCCCC(=O)NNC(=O)OC(C)(C)C)C(C)(C)C(C)(C#N)CCC(=O)NCCCN. The van der Waals surface area contributed by atoms with Crippen LogP contribution in [0.15, 0.2) is 0 Å². The van der Waals surface area contributed by atoms with Gasteiger partial charge in [-0.15, -0.1) is 0 Å². The molecule has 0 heterocycles. The Hall–Kier alpha value is -3.44. The standard InChI is InChI=1S/C34H63N7O7/c1-24(42)21-39-28(46)34(10,32(7,8)33(9,23-36)17-16-25(43)37-20-14-18-35)22-31(5,6)27(45)38-19-13-11-12-15-26(44)40-41-29(47)48-30(2,3)4/h24,42H,11-22,35H2,1-10H3,(H,37,43)(H,38,45)(H,39,46)(H,40,44)(H,41,47). The number of nitrogens with zero attached hydrogens (tertiary/aromatic N) is 1. The Morgan fingerprint density at radius 1 is 0.792 bits per heavy atom. The van der Waals surface area contributed by atoms with Gasteiger partial charge in [0.25, 0.3) is 0 Å². The molecule has 276 valence electrons. The van der Waals surface area contributed by atoms with Crippen LogP contribution < -0.4 is 32.5 Å². The zero-order valence-electron chi connectivity index (χ0n) is 31.0. The highest BCUT2D eigenvalue weighted by Crippen LogP contribution is 2.57. The topological polar surface area (TPSA) is 225 Å². The van der Waals surface area contributed by atoms with Gasteiger partial charge in [-0.25, -0.2) is 10.2 Å². The lowest BCUT2D eigenvalue weighted by Gasteiger charge is -2.53. The smallest absolute Gasteiger partial charge is 0.426 e. The predicted molar refractivity (Wildman–Crippen MR) is 184 cm³/mol. The molecule has 0 aliphatic rings. The predicted octanol–water partition coefficient (Wildman–Crippen LogP) is 2.94. The number of ether oxygens (including phenoxy) is 1. The number of hydrazine groups is 1. The maximum Gasteiger partial charge on any atom is 0.426 e. The van der Waals surface area contributed by atoms with Crippen molar-refractivity contribution in [2.45, 2.75) is 132 Å². The first-order valence-corrected chi connectivity index (χ1v) is 16.9. The van der Waals surface area contributed by atoms with Crippen molar-refractivity contribution in [3.63, 3.8) is 0 Å². The van der Waals surface area contributed by atoms with Crippen molar-refractivity contribution in [2.24, 2.45) is 27.4 Å². The van der Waals surface area contributed by atoms with Crippen LogP contribution in [-0.4, -0.2) is 72.7 Å². The minimum absolute atomic E-state index is 0.000959. The Morgan fingerprint density at radius 2 is 1.40 bits per heavy atom. The Bertz CT molecular complexity index is 1130. The number of nitriles is 1. The summed E-state index contributed by atoms with van der Waals surface area (Å²) in [5, 5.41) is 28.9. The van der Waals surface area contributed by atoms with Crippen molar-refractivity contribution >= 4 is 29.7 Å². The third-order valence-corrected chi connectivity index (χ3v) is 9.10. The molecule has 3 atom stereocenters. The number of hydrogen-bond donors (Lipinski definition) is 7. The van der Waals surface area contributed by atoms with Gasteiger partial charge in [0.15, 0.2) is 0 Å². The molecule has 5 amide bonds. The van der Waals surface area contributed by atoms with E-state index in [1.54, 1.807) is 55.4 Å². The van der Waals surface area contributed by atoms with Crippen molar-refractivity contribution in [3.05, 3.63) is 0 Å². The van der Waals surface area contributed by atoms with E-state index >= 15 is 0 Å². The molecule has 0 radical (unpaired) electrons. The number of aliphatic hydroxyl groups is 1. The highest BCUT2D eigenvalue weighted by molar-refractivity contribution is 5.87. The first-order valence-electron chi connectivity index (χ1n) is 16.9. The fourth-order valence-electron chi connectivity index (χ4n) is 5.40. The van der Waals surface area contributed by atoms with Gasteiger partial charge >= 0.3 is 6.09 Å². The summed E-state index contributed by atoms with van der Waals surface area (Å²) in [5.74, 6) is -1.25. The van der Waals surface area contributed by atoms with Crippen molar-refractivity contribution in [1.82, 2.24) is 26.8 Å². The number of nitrogens with one attached hydrogen (secondary N) is 5. The summed E-state index contributed by atoms with van der Waals surface area (Å²) in [4.78, 5) is 63.6. The highest BCUT2D eigenvalue weighted by Gasteiger charge is 2.58. The molecule has 0 bridgehead atoms. The van der Waals surface area contributed by atoms with Gasteiger partial charge in [0, 0.05) is 37.9 Å². The number of nitrogens with two attached hydrogens (primary N) is 1. The molecular weight excluding hydrogens is 618 g/mol. The lowest BCUT2D eigenvalue weighted by Crippen LogP contribution is -2.58. The van der Waals surface area contributed by atoms with Crippen LogP contribution in [0.25, 0.3) is 0 Å². The van der Waals surface area contributed by atoms with Crippen LogP contribution in [0.3, 0.4) is 0 Å². The van der Waals surface area contributed by atoms with Crippen LogP contribution in [0.2, 0.25) is 0 Å². The molecule has 0 aromatic heterocycles. The zero-order valence-corrected chi connectivity index (χ0v) is 31.0. The van der Waals surface area contributed by atoms with Gasteiger partial charge in [-0.1, -0.05) is 41.0 Å². The van der Waals surface area contributed by atoms with Crippen LogP contribution in [0, 0.1) is 33.0 Å². The summed E-state index contributed by atoms with van der Waals surface area (Å²) >= 11 is 0. The Kier molecular flexibility index (Phi) is 18.1. The van der Waals surface area contributed by atoms with Gasteiger partial charge in [-0.3, -0.25) is 24.6 Å². The van der Waals surface area contributed by atoms with Crippen LogP contribution in [0.1, 0.15) is 121 Å². The molecule has 3 unspecified atom stereocenters. The van der Waals surface area contributed by atoms with E-state index in [0.29, 0.717) is 45.3 Å². The monoisotopic (exact) mass is 681 g/mol. The van der Waals surface area contributed by atoms with E-state index in [4.69, 9.17) is 10.5 Å². The van der Waals surface area contributed by atoms with Gasteiger partial charge in [-0.2, -0.15) is 5.26 Å². The van der Waals surface area contributed by atoms with E-state index in [9.17, 15) is 34.3 Å². The molecule has 0 aliphatic carbocycles. The normalized spacial score (nSPS) is 15.1. The molecule has 14 nitrogen and oxygen atoms in total.